The minimum absolute atomic E-state index is 0.0741. The number of amides is 2. The van der Waals surface area contributed by atoms with Crippen molar-refractivity contribution in [2.24, 2.45) is 0 Å². The van der Waals surface area contributed by atoms with E-state index in [1.54, 1.807) is 61.9 Å². The molecule has 0 spiro atoms. The minimum atomic E-state index is -0.376. The Morgan fingerprint density at radius 2 is 1.81 bits per heavy atom. The van der Waals surface area contributed by atoms with Gasteiger partial charge in [0, 0.05) is 35.6 Å². The summed E-state index contributed by atoms with van der Waals surface area (Å²) in [7, 11) is 3.38. The summed E-state index contributed by atoms with van der Waals surface area (Å²) in [6, 6.07) is 13.3. The van der Waals surface area contributed by atoms with Crippen LogP contribution in [0.4, 0.5) is 14.9 Å². The first-order valence-electron chi connectivity index (χ1n) is 7.95. The van der Waals surface area contributed by atoms with Gasteiger partial charge in [-0.15, -0.1) is 11.3 Å². The summed E-state index contributed by atoms with van der Waals surface area (Å²) in [5, 5.41) is 4.72. The number of hydrogen-bond acceptors (Lipinski definition) is 5. The van der Waals surface area contributed by atoms with E-state index in [1.807, 2.05) is 0 Å². The second kappa shape index (κ2) is 8.32. The van der Waals surface area contributed by atoms with Gasteiger partial charge in [-0.25, -0.2) is 9.37 Å². The Bertz CT molecular complexity index is 971. The van der Waals surface area contributed by atoms with Crippen molar-refractivity contribution in [1.82, 2.24) is 9.88 Å². The molecule has 1 N–H and O–H groups in total. The van der Waals surface area contributed by atoms with E-state index in [2.05, 4.69) is 10.3 Å². The van der Waals surface area contributed by atoms with Crippen molar-refractivity contribution in [1.29, 1.82) is 0 Å². The van der Waals surface area contributed by atoms with Gasteiger partial charge in [-0.1, -0.05) is 12.1 Å². The third-order valence-corrected chi connectivity index (χ3v) is 5.45. The summed E-state index contributed by atoms with van der Waals surface area (Å²) < 4.78 is 13.8. The molecule has 138 valence electrons. The third-order valence-electron chi connectivity index (χ3n) is 3.52. The van der Waals surface area contributed by atoms with Crippen LogP contribution in [0.15, 0.2) is 58.8 Å². The average molecular weight is 401 g/mol. The van der Waals surface area contributed by atoms with Crippen LogP contribution in [-0.2, 0) is 0 Å². The fraction of sp³-hybridized carbons (Fsp3) is 0.105. The first kappa shape index (κ1) is 19.1. The molecule has 0 saturated heterocycles. The number of benzene rings is 2. The number of nitrogens with one attached hydrogen (secondary N) is 1. The molecule has 0 unspecified atom stereocenters. The zero-order valence-corrected chi connectivity index (χ0v) is 16.2. The number of nitrogens with zero attached hydrogens (tertiary/aromatic N) is 2. The van der Waals surface area contributed by atoms with E-state index in [1.165, 1.54) is 22.3 Å². The fourth-order valence-electron chi connectivity index (χ4n) is 2.13. The molecule has 1 heterocycles. The van der Waals surface area contributed by atoms with E-state index in [4.69, 9.17) is 0 Å². The van der Waals surface area contributed by atoms with Crippen LogP contribution in [0.25, 0.3) is 10.6 Å². The van der Waals surface area contributed by atoms with Gasteiger partial charge in [0.2, 0.25) is 0 Å². The van der Waals surface area contributed by atoms with Crippen molar-refractivity contribution < 1.29 is 14.0 Å². The Labute approximate surface area is 164 Å². The molecule has 0 fully saturated rings. The van der Waals surface area contributed by atoms with Crippen LogP contribution >= 0.6 is 23.1 Å². The molecule has 0 aliphatic heterocycles. The summed E-state index contributed by atoms with van der Waals surface area (Å²) in [6.45, 7) is 0. The normalized spacial score (nSPS) is 10.5. The lowest BCUT2D eigenvalue weighted by molar-refractivity contribution is 0.102. The van der Waals surface area contributed by atoms with E-state index >= 15 is 0 Å². The highest BCUT2D eigenvalue weighted by Crippen LogP contribution is 2.27. The fourth-order valence-corrected chi connectivity index (χ4v) is 3.61. The van der Waals surface area contributed by atoms with Gasteiger partial charge in [0.15, 0.2) is 0 Å². The zero-order chi connectivity index (χ0) is 19.4. The zero-order valence-electron chi connectivity index (χ0n) is 14.6. The second-order valence-corrected chi connectivity index (χ2v) is 7.64. The highest BCUT2D eigenvalue weighted by atomic mass is 32.2. The smallest absolute Gasteiger partial charge is 0.285 e. The van der Waals surface area contributed by atoms with Crippen molar-refractivity contribution in [2.75, 3.05) is 19.4 Å². The van der Waals surface area contributed by atoms with Gasteiger partial charge in [-0.3, -0.25) is 9.59 Å². The number of halogens is 1. The number of aromatic nitrogens is 1. The number of thioether (sulfide) groups is 1. The first-order valence-corrected chi connectivity index (χ1v) is 9.64. The maximum atomic E-state index is 13.8. The molecule has 3 rings (SSSR count). The maximum absolute atomic E-state index is 13.8. The number of hydrogen-bond donors (Lipinski definition) is 1. The average Bonchev–Trinajstić information content (AvgIpc) is 3.13. The second-order valence-electron chi connectivity index (χ2n) is 5.76. The molecule has 2 aromatic carbocycles. The molecule has 2 amide bonds. The molecule has 3 aromatic rings. The topological polar surface area (TPSA) is 62.3 Å². The number of carbonyl (C=O) groups is 2. The largest absolute Gasteiger partial charge is 0.339 e. The van der Waals surface area contributed by atoms with Crippen molar-refractivity contribution in [3.63, 3.8) is 0 Å². The Hall–Kier alpha value is -2.71. The summed E-state index contributed by atoms with van der Waals surface area (Å²) >= 11 is 2.32. The van der Waals surface area contributed by atoms with E-state index in [-0.39, 0.29) is 22.7 Å². The van der Waals surface area contributed by atoms with Crippen molar-refractivity contribution in [3.8, 4) is 10.6 Å². The van der Waals surface area contributed by atoms with Crippen LogP contribution in [0.1, 0.15) is 10.5 Å². The quantitative estimate of drug-likeness (QED) is 0.627. The third kappa shape index (κ3) is 4.72. The van der Waals surface area contributed by atoms with Gasteiger partial charge >= 0.3 is 0 Å². The summed E-state index contributed by atoms with van der Waals surface area (Å²) in [6.07, 6.45) is 0. The van der Waals surface area contributed by atoms with Crippen LogP contribution in [0, 0.1) is 5.82 Å². The Kier molecular flexibility index (Phi) is 5.88. The van der Waals surface area contributed by atoms with Gasteiger partial charge < -0.3 is 10.2 Å². The molecule has 5 nitrogen and oxygen atoms in total. The van der Waals surface area contributed by atoms with Gasteiger partial charge in [-0.2, -0.15) is 0 Å². The highest BCUT2D eigenvalue weighted by Gasteiger charge is 2.14. The van der Waals surface area contributed by atoms with E-state index in [9.17, 15) is 14.0 Å². The SMILES string of the molecule is CN(C)C(=O)Sc1ccc(NC(=O)c2csc(-c3ccccc3F)n2)cc1. The predicted octanol–water partition coefficient (Wildman–Crippen LogP) is 4.98. The first-order chi connectivity index (χ1) is 12.9. The maximum Gasteiger partial charge on any atom is 0.285 e. The monoisotopic (exact) mass is 401 g/mol. The van der Waals surface area contributed by atoms with Gasteiger partial charge in [0.05, 0.1) is 0 Å². The lowest BCUT2D eigenvalue weighted by atomic mass is 10.2. The van der Waals surface area contributed by atoms with E-state index < -0.39 is 0 Å². The van der Waals surface area contributed by atoms with Crippen LogP contribution in [-0.4, -0.2) is 35.1 Å². The van der Waals surface area contributed by atoms with E-state index in [0.29, 0.717) is 16.3 Å². The van der Waals surface area contributed by atoms with Crippen LogP contribution in [0.2, 0.25) is 0 Å². The van der Waals surface area contributed by atoms with Crippen LogP contribution in [0.5, 0.6) is 0 Å². The number of anilines is 1. The van der Waals surface area contributed by atoms with Gasteiger partial charge in [0.25, 0.3) is 11.1 Å². The highest BCUT2D eigenvalue weighted by molar-refractivity contribution is 8.13. The number of thiazole rings is 1. The molecule has 27 heavy (non-hydrogen) atoms. The number of rotatable bonds is 4. The van der Waals surface area contributed by atoms with Crippen molar-refractivity contribution >= 4 is 39.9 Å². The molecule has 0 atom stereocenters. The van der Waals surface area contributed by atoms with Crippen LogP contribution in [0.3, 0.4) is 0 Å². The lowest BCUT2D eigenvalue weighted by Crippen LogP contribution is -2.16. The predicted molar refractivity (Wildman–Crippen MR) is 107 cm³/mol. The van der Waals surface area contributed by atoms with Crippen molar-refractivity contribution in [3.05, 3.63) is 65.4 Å². The Morgan fingerprint density at radius 3 is 2.48 bits per heavy atom. The molecule has 0 aliphatic carbocycles. The molecule has 8 heteroatoms. The Balaban J connectivity index is 1.67. The van der Waals surface area contributed by atoms with Gasteiger partial charge in [-0.05, 0) is 48.2 Å². The van der Waals surface area contributed by atoms with Crippen molar-refractivity contribution in [2.45, 2.75) is 4.90 Å². The molecule has 0 aliphatic rings. The molecule has 0 saturated carbocycles. The van der Waals surface area contributed by atoms with Crippen LogP contribution < -0.4 is 5.32 Å². The van der Waals surface area contributed by atoms with Gasteiger partial charge in [0.1, 0.15) is 16.5 Å². The standard InChI is InChI=1S/C19H16FN3O2S2/c1-23(2)19(25)27-13-9-7-12(8-10-13)21-17(24)16-11-26-18(22-16)14-5-3-4-6-15(14)20/h3-11H,1-2H3,(H,21,24). The molecule has 1 aromatic heterocycles. The summed E-state index contributed by atoms with van der Waals surface area (Å²) in [5.74, 6) is -0.752. The molecular weight excluding hydrogens is 385 g/mol. The minimum Gasteiger partial charge on any atom is -0.339 e. The van der Waals surface area contributed by atoms with E-state index in [0.717, 1.165) is 16.7 Å². The Morgan fingerprint density at radius 1 is 1.11 bits per heavy atom. The summed E-state index contributed by atoms with van der Waals surface area (Å²) in [5.41, 5.74) is 1.18. The number of carbonyl (C=O) groups excluding carboxylic acids is 2. The molecule has 0 radical (unpaired) electrons. The lowest BCUT2D eigenvalue weighted by Gasteiger charge is -2.09. The molecular formula is C19H16FN3O2S2. The summed E-state index contributed by atoms with van der Waals surface area (Å²) in [4.78, 5) is 30.6. The molecule has 0 bridgehead atoms.